The SMILES string of the molecule is CCC(C)NC(=O)c1cncc(NCC2CCCO2)c1. The number of ether oxygens (including phenoxy) is 1. The smallest absolute Gasteiger partial charge is 0.253 e. The van der Waals surface area contributed by atoms with Crippen LogP contribution >= 0.6 is 0 Å². The lowest BCUT2D eigenvalue weighted by Gasteiger charge is -2.13. The number of rotatable bonds is 6. The lowest BCUT2D eigenvalue weighted by atomic mass is 10.2. The molecule has 1 aromatic rings. The molecule has 110 valence electrons. The van der Waals surface area contributed by atoms with Gasteiger partial charge in [-0.2, -0.15) is 0 Å². The number of carbonyl (C=O) groups is 1. The van der Waals surface area contributed by atoms with Crippen molar-refractivity contribution in [2.75, 3.05) is 18.5 Å². The summed E-state index contributed by atoms with van der Waals surface area (Å²) < 4.78 is 5.56. The van der Waals surface area contributed by atoms with Crippen molar-refractivity contribution in [1.82, 2.24) is 10.3 Å². The molecule has 1 aromatic heterocycles. The van der Waals surface area contributed by atoms with Gasteiger partial charge in [0.15, 0.2) is 0 Å². The first-order valence-electron chi connectivity index (χ1n) is 7.30. The highest BCUT2D eigenvalue weighted by Gasteiger charge is 2.15. The van der Waals surface area contributed by atoms with E-state index < -0.39 is 0 Å². The number of anilines is 1. The molecule has 1 fully saturated rings. The molecule has 2 heterocycles. The summed E-state index contributed by atoms with van der Waals surface area (Å²) in [5, 5.41) is 6.22. The molecule has 1 aliphatic rings. The van der Waals surface area contributed by atoms with Gasteiger partial charge in [0.05, 0.1) is 17.4 Å². The summed E-state index contributed by atoms with van der Waals surface area (Å²) in [5.74, 6) is -0.0763. The van der Waals surface area contributed by atoms with Crippen LogP contribution < -0.4 is 10.6 Å². The van der Waals surface area contributed by atoms with Crippen molar-refractivity contribution in [2.24, 2.45) is 0 Å². The summed E-state index contributed by atoms with van der Waals surface area (Å²) >= 11 is 0. The van der Waals surface area contributed by atoms with Gasteiger partial charge < -0.3 is 15.4 Å². The average molecular weight is 277 g/mol. The van der Waals surface area contributed by atoms with Crippen molar-refractivity contribution in [3.8, 4) is 0 Å². The zero-order valence-corrected chi connectivity index (χ0v) is 12.2. The minimum Gasteiger partial charge on any atom is -0.381 e. The number of hydrogen-bond donors (Lipinski definition) is 2. The fourth-order valence-electron chi connectivity index (χ4n) is 2.11. The minimum absolute atomic E-state index is 0.0763. The third-order valence-electron chi connectivity index (χ3n) is 3.55. The molecule has 20 heavy (non-hydrogen) atoms. The molecule has 2 rings (SSSR count). The Morgan fingerprint density at radius 1 is 1.55 bits per heavy atom. The minimum atomic E-state index is -0.0763. The second-order valence-electron chi connectivity index (χ2n) is 5.26. The first-order chi connectivity index (χ1) is 9.69. The monoisotopic (exact) mass is 277 g/mol. The fourth-order valence-corrected chi connectivity index (χ4v) is 2.11. The Bertz CT molecular complexity index is 444. The lowest BCUT2D eigenvalue weighted by molar-refractivity contribution is 0.0939. The highest BCUT2D eigenvalue weighted by molar-refractivity contribution is 5.94. The number of pyridine rings is 1. The van der Waals surface area contributed by atoms with Gasteiger partial charge in [0, 0.05) is 31.6 Å². The molecule has 2 atom stereocenters. The molecule has 1 saturated heterocycles. The van der Waals surface area contributed by atoms with Gasteiger partial charge >= 0.3 is 0 Å². The van der Waals surface area contributed by atoms with Crippen LogP contribution in [0, 0.1) is 0 Å². The maximum atomic E-state index is 12.0. The molecule has 1 amide bonds. The van der Waals surface area contributed by atoms with Crippen molar-refractivity contribution in [3.05, 3.63) is 24.0 Å². The molecule has 5 heteroatoms. The Morgan fingerprint density at radius 3 is 3.10 bits per heavy atom. The maximum absolute atomic E-state index is 12.0. The Labute approximate surface area is 120 Å². The second kappa shape index (κ2) is 7.24. The van der Waals surface area contributed by atoms with E-state index in [0.29, 0.717) is 5.56 Å². The van der Waals surface area contributed by atoms with Gasteiger partial charge in [0.25, 0.3) is 5.91 Å². The van der Waals surface area contributed by atoms with Crippen LogP contribution in [0.2, 0.25) is 0 Å². The largest absolute Gasteiger partial charge is 0.381 e. The van der Waals surface area contributed by atoms with E-state index in [0.717, 1.165) is 38.1 Å². The fraction of sp³-hybridized carbons (Fsp3) is 0.600. The van der Waals surface area contributed by atoms with Gasteiger partial charge in [-0.15, -0.1) is 0 Å². The summed E-state index contributed by atoms with van der Waals surface area (Å²) in [7, 11) is 0. The third kappa shape index (κ3) is 4.20. The van der Waals surface area contributed by atoms with Crippen LogP contribution in [0.15, 0.2) is 18.5 Å². The van der Waals surface area contributed by atoms with Gasteiger partial charge in [-0.3, -0.25) is 9.78 Å². The van der Waals surface area contributed by atoms with Crippen molar-refractivity contribution in [1.29, 1.82) is 0 Å². The van der Waals surface area contributed by atoms with E-state index in [1.54, 1.807) is 12.4 Å². The van der Waals surface area contributed by atoms with E-state index in [9.17, 15) is 4.79 Å². The van der Waals surface area contributed by atoms with Crippen molar-refractivity contribution >= 4 is 11.6 Å². The number of aromatic nitrogens is 1. The molecule has 0 aliphatic carbocycles. The quantitative estimate of drug-likeness (QED) is 0.836. The zero-order valence-electron chi connectivity index (χ0n) is 12.2. The van der Waals surface area contributed by atoms with Crippen molar-refractivity contribution in [3.63, 3.8) is 0 Å². The summed E-state index contributed by atoms with van der Waals surface area (Å²) in [6, 6.07) is 2.01. The predicted octanol–water partition coefficient (Wildman–Crippen LogP) is 2.20. The second-order valence-corrected chi connectivity index (χ2v) is 5.26. The first-order valence-corrected chi connectivity index (χ1v) is 7.30. The molecule has 2 N–H and O–H groups in total. The lowest BCUT2D eigenvalue weighted by Crippen LogP contribution is -2.32. The first kappa shape index (κ1) is 14.8. The van der Waals surface area contributed by atoms with Crippen LogP contribution in [0.4, 0.5) is 5.69 Å². The van der Waals surface area contributed by atoms with Crippen LogP contribution in [0.5, 0.6) is 0 Å². The standard InChI is InChI=1S/C15H23N3O2/c1-3-11(2)18-15(19)12-7-13(9-16-8-12)17-10-14-5-4-6-20-14/h7-9,11,14,17H,3-6,10H2,1-2H3,(H,18,19). The third-order valence-corrected chi connectivity index (χ3v) is 3.55. The molecular weight excluding hydrogens is 254 g/mol. The van der Waals surface area contributed by atoms with E-state index in [1.165, 1.54) is 0 Å². The van der Waals surface area contributed by atoms with Gasteiger partial charge in [-0.05, 0) is 32.3 Å². The van der Waals surface area contributed by atoms with Gasteiger partial charge in [-0.1, -0.05) is 6.92 Å². The van der Waals surface area contributed by atoms with E-state index >= 15 is 0 Å². The molecule has 0 saturated carbocycles. The molecular formula is C15H23N3O2. The Kier molecular flexibility index (Phi) is 5.35. The van der Waals surface area contributed by atoms with E-state index in [-0.39, 0.29) is 18.1 Å². The van der Waals surface area contributed by atoms with Crippen LogP contribution in [0.25, 0.3) is 0 Å². The number of carbonyl (C=O) groups excluding carboxylic acids is 1. The number of amides is 1. The average Bonchev–Trinajstić information content (AvgIpc) is 2.98. The van der Waals surface area contributed by atoms with Gasteiger partial charge in [0.1, 0.15) is 0 Å². The van der Waals surface area contributed by atoms with Crippen LogP contribution in [0.1, 0.15) is 43.5 Å². The van der Waals surface area contributed by atoms with Crippen LogP contribution in [0.3, 0.4) is 0 Å². The molecule has 5 nitrogen and oxygen atoms in total. The van der Waals surface area contributed by atoms with Crippen LogP contribution in [-0.4, -0.2) is 36.2 Å². The predicted molar refractivity (Wildman–Crippen MR) is 78.9 cm³/mol. The Balaban J connectivity index is 1.91. The zero-order chi connectivity index (χ0) is 14.4. The van der Waals surface area contributed by atoms with Crippen LogP contribution in [-0.2, 0) is 4.74 Å². The van der Waals surface area contributed by atoms with E-state index in [2.05, 4.69) is 15.6 Å². The molecule has 1 aliphatic heterocycles. The summed E-state index contributed by atoms with van der Waals surface area (Å²) in [5.41, 5.74) is 1.44. The summed E-state index contributed by atoms with van der Waals surface area (Å²) in [6.07, 6.45) is 6.73. The summed E-state index contributed by atoms with van der Waals surface area (Å²) in [6.45, 7) is 5.65. The topological polar surface area (TPSA) is 63.2 Å². The molecule has 0 spiro atoms. The number of nitrogens with one attached hydrogen (secondary N) is 2. The highest BCUT2D eigenvalue weighted by Crippen LogP contribution is 2.14. The number of nitrogens with zero attached hydrogens (tertiary/aromatic N) is 1. The highest BCUT2D eigenvalue weighted by atomic mass is 16.5. The molecule has 2 unspecified atom stereocenters. The van der Waals surface area contributed by atoms with Crippen molar-refractivity contribution in [2.45, 2.75) is 45.3 Å². The van der Waals surface area contributed by atoms with Gasteiger partial charge in [0.2, 0.25) is 0 Å². The Hall–Kier alpha value is -1.62. The summed E-state index contributed by atoms with van der Waals surface area (Å²) in [4.78, 5) is 16.1. The Morgan fingerprint density at radius 2 is 2.40 bits per heavy atom. The van der Waals surface area contributed by atoms with E-state index in [1.807, 2.05) is 19.9 Å². The molecule has 0 radical (unpaired) electrons. The molecule has 0 aromatic carbocycles. The van der Waals surface area contributed by atoms with Crippen molar-refractivity contribution < 1.29 is 9.53 Å². The normalized spacial score (nSPS) is 19.6. The number of hydrogen-bond acceptors (Lipinski definition) is 4. The maximum Gasteiger partial charge on any atom is 0.253 e. The van der Waals surface area contributed by atoms with E-state index in [4.69, 9.17) is 4.74 Å². The van der Waals surface area contributed by atoms with Gasteiger partial charge in [-0.25, -0.2) is 0 Å². The molecule has 0 bridgehead atoms.